The van der Waals surface area contributed by atoms with Crippen molar-refractivity contribution in [2.75, 3.05) is 13.1 Å². The van der Waals surface area contributed by atoms with Crippen LogP contribution < -0.4 is 0 Å². The van der Waals surface area contributed by atoms with Crippen molar-refractivity contribution >= 4 is 34.8 Å². The number of fused-ring (bicyclic) bond motifs is 4. The number of carbonyl (C=O) groups is 2. The summed E-state index contributed by atoms with van der Waals surface area (Å²) in [7, 11) is 1.88. The van der Waals surface area contributed by atoms with Crippen LogP contribution in [0.15, 0.2) is 35.4 Å². The minimum absolute atomic E-state index is 0.00217. The summed E-state index contributed by atoms with van der Waals surface area (Å²) in [6.07, 6.45) is 3.63. The van der Waals surface area contributed by atoms with Crippen LogP contribution >= 0.6 is 11.8 Å². The average Bonchev–Trinajstić information content (AvgIpc) is 3.47. The molecule has 8 nitrogen and oxygen atoms in total. The van der Waals surface area contributed by atoms with Gasteiger partial charge >= 0.3 is 6.09 Å². The molecule has 3 aliphatic rings. The van der Waals surface area contributed by atoms with Crippen molar-refractivity contribution in [3.05, 3.63) is 52.8 Å². The van der Waals surface area contributed by atoms with Gasteiger partial charge in [-0.15, -0.1) is 11.8 Å². The van der Waals surface area contributed by atoms with E-state index in [0.717, 1.165) is 40.9 Å². The molecule has 0 spiro atoms. The molecular weight excluding hydrogens is 474 g/mol. The predicted octanol–water partition coefficient (Wildman–Crippen LogP) is 4.50. The molecule has 0 bridgehead atoms. The molecule has 2 saturated heterocycles. The number of pyridine rings is 1. The van der Waals surface area contributed by atoms with Crippen molar-refractivity contribution in [3.8, 4) is 0 Å². The Balaban J connectivity index is 1.23. The minimum Gasteiger partial charge on any atom is -0.443 e. The quantitative estimate of drug-likeness (QED) is 0.486. The number of nitrogens with zero attached hydrogens (tertiary/aromatic N) is 5. The van der Waals surface area contributed by atoms with E-state index in [4.69, 9.17) is 4.74 Å². The highest BCUT2D eigenvalue weighted by Gasteiger charge is 2.50. The average molecular weight is 506 g/mol. The summed E-state index contributed by atoms with van der Waals surface area (Å²) >= 11 is 1.69. The first-order chi connectivity index (χ1) is 17.3. The largest absolute Gasteiger partial charge is 0.443 e. The van der Waals surface area contributed by atoms with Gasteiger partial charge in [0.25, 0.3) is 5.91 Å². The number of aryl methyl sites for hydroxylation is 2. The summed E-state index contributed by atoms with van der Waals surface area (Å²) in [5.41, 5.74) is 4.79. The van der Waals surface area contributed by atoms with Gasteiger partial charge in [0, 0.05) is 48.9 Å². The number of ether oxygens (including phenoxy) is 1. The van der Waals surface area contributed by atoms with Crippen LogP contribution in [0.1, 0.15) is 59.9 Å². The number of aromatic nitrogens is 3. The van der Waals surface area contributed by atoms with Crippen molar-refractivity contribution < 1.29 is 14.3 Å². The van der Waals surface area contributed by atoms with Gasteiger partial charge in [-0.05, 0) is 30.9 Å². The third-order valence-corrected chi connectivity index (χ3v) is 8.75. The topological polar surface area (TPSA) is 80.6 Å². The van der Waals surface area contributed by atoms with E-state index in [0.29, 0.717) is 23.9 Å². The van der Waals surface area contributed by atoms with Crippen LogP contribution in [0.3, 0.4) is 0 Å². The second-order valence-electron chi connectivity index (χ2n) is 10.3. The molecule has 36 heavy (non-hydrogen) atoms. The Labute approximate surface area is 215 Å². The first kappa shape index (κ1) is 23.3. The van der Waals surface area contributed by atoms with E-state index in [-0.39, 0.29) is 30.2 Å². The normalized spacial score (nSPS) is 21.9. The Hall–Kier alpha value is -3.07. The summed E-state index contributed by atoms with van der Waals surface area (Å²) in [4.78, 5) is 36.0. The van der Waals surface area contributed by atoms with Gasteiger partial charge in [0.1, 0.15) is 6.10 Å². The number of amides is 2. The predicted molar refractivity (Wildman–Crippen MR) is 138 cm³/mol. The number of rotatable bonds is 4. The molecule has 0 N–H and O–H groups in total. The zero-order chi connectivity index (χ0) is 25.1. The number of piperidine rings is 1. The molecule has 1 aliphatic carbocycles. The van der Waals surface area contributed by atoms with E-state index in [9.17, 15) is 9.59 Å². The van der Waals surface area contributed by atoms with Gasteiger partial charge in [-0.1, -0.05) is 38.1 Å². The molecule has 9 heteroatoms. The first-order valence-corrected chi connectivity index (χ1v) is 13.6. The molecule has 2 fully saturated rings. The lowest BCUT2D eigenvalue weighted by molar-refractivity contribution is 0.0632. The summed E-state index contributed by atoms with van der Waals surface area (Å²) in [6, 6.07) is 8.36. The summed E-state index contributed by atoms with van der Waals surface area (Å²) in [6.45, 7) is 7.43. The van der Waals surface area contributed by atoms with Crippen LogP contribution in [0.2, 0.25) is 0 Å². The standard InChI is InChI=1S/C27H31N5O3S/c1-15(2)36-24-20(14-28-25-22(24)16(3)29-30(25)4)26(33)31-11-9-18(10-12-31)32-23-19-8-6-5-7-17(19)13-21(23)35-27(32)34/h5-8,14-15,18,21,23H,9-13H2,1-4H3. The molecule has 4 heterocycles. The maximum absolute atomic E-state index is 13.7. The zero-order valence-corrected chi connectivity index (χ0v) is 21.9. The molecule has 2 aromatic heterocycles. The van der Waals surface area contributed by atoms with Crippen molar-refractivity contribution in [3.63, 3.8) is 0 Å². The second kappa shape index (κ2) is 8.80. The van der Waals surface area contributed by atoms with E-state index in [1.807, 2.05) is 35.9 Å². The van der Waals surface area contributed by atoms with Crippen molar-refractivity contribution in [2.24, 2.45) is 7.05 Å². The van der Waals surface area contributed by atoms with Gasteiger partial charge in [0.15, 0.2) is 5.65 Å². The van der Waals surface area contributed by atoms with Crippen LogP contribution in [0, 0.1) is 6.92 Å². The van der Waals surface area contributed by atoms with Gasteiger partial charge in [0.2, 0.25) is 0 Å². The SMILES string of the molecule is Cc1nn(C)c2ncc(C(=O)N3CCC(N4C(=O)OC5Cc6ccccc6C54)CC3)c(SC(C)C)c12. The number of hydrogen-bond donors (Lipinski definition) is 0. The molecule has 1 aromatic carbocycles. The Morgan fingerprint density at radius 2 is 1.94 bits per heavy atom. The van der Waals surface area contributed by atoms with Crippen molar-refractivity contribution in [1.29, 1.82) is 0 Å². The van der Waals surface area contributed by atoms with Gasteiger partial charge in [-0.3, -0.25) is 14.4 Å². The number of likely N-dealkylation sites (tertiary alicyclic amines) is 1. The molecule has 6 rings (SSSR count). The molecular formula is C27H31N5O3S. The Bertz CT molecular complexity index is 1360. The molecule has 2 unspecified atom stereocenters. The fourth-order valence-electron chi connectivity index (χ4n) is 6.06. The highest BCUT2D eigenvalue weighted by atomic mass is 32.2. The summed E-state index contributed by atoms with van der Waals surface area (Å²) < 4.78 is 7.55. The van der Waals surface area contributed by atoms with E-state index < -0.39 is 0 Å². The van der Waals surface area contributed by atoms with E-state index >= 15 is 0 Å². The lowest BCUT2D eigenvalue weighted by Gasteiger charge is -2.38. The lowest BCUT2D eigenvalue weighted by Crippen LogP contribution is -2.48. The Morgan fingerprint density at radius 1 is 1.19 bits per heavy atom. The van der Waals surface area contributed by atoms with Gasteiger partial charge in [-0.25, -0.2) is 9.78 Å². The number of hydrogen-bond acceptors (Lipinski definition) is 6. The fourth-order valence-corrected chi connectivity index (χ4v) is 7.15. The molecule has 2 atom stereocenters. The monoisotopic (exact) mass is 505 g/mol. The molecule has 3 aromatic rings. The zero-order valence-electron chi connectivity index (χ0n) is 21.1. The lowest BCUT2D eigenvalue weighted by atomic mass is 9.98. The van der Waals surface area contributed by atoms with E-state index in [2.05, 4.69) is 36.1 Å². The fraction of sp³-hybridized carbons (Fsp3) is 0.481. The molecule has 0 saturated carbocycles. The molecule has 0 radical (unpaired) electrons. The van der Waals surface area contributed by atoms with Crippen molar-refractivity contribution in [1.82, 2.24) is 24.6 Å². The van der Waals surface area contributed by atoms with Gasteiger partial charge < -0.3 is 9.64 Å². The van der Waals surface area contributed by atoms with Crippen LogP contribution in [0.25, 0.3) is 11.0 Å². The second-order valence-corrected chi connectivity index (χ2v) is 11.9. The first-order valence-electron chi connectivity index (χ1n) is 12.7. The van der Waals surface area contributed by atoms with Crippen molar-refractivity contribution in [2.45, 2.75) is 68.4 Å². The number of carbonyl (C=O) groups excluding carboxylic acids is 2. The van der Waals surface area contributed by atoms with Gasteiger partial charge in [-0.2, -0.15) is 5.10 Å². The van der Waals surface area contributed by atoms with Crippen LogP contribution in [0.4, 0.5) is 4.79 Å². The maximum atomic E-state index is 13.7. The van der Waals surface area contributed by atoms with Gasteiger partial charge in [0.05, 0.1) is 22.7 Å². The summed E-state index contributed by atoms with van der Waals surface area (Å²) in [5, 5.41) is 5.82. The number of benzene rings is 1. The third kappa shape index (κ3) is 3.67. The maximum Gasteiger partial charge on any atom is 0.411 e. The minimum atomic E-state index is -0.221. The molecule has 188 valence electrons. The smallest absolute Gasteiger partial charge is 0.411 e. The number of thioether (sulfide) groups is 1. The summed E-state index contributed by atoms with van der Waals surface area (Å²) in [5.74, 6) is 0.00217. The van der Waals surface area contributed by atoms with Crippen LogP contribution in [-0.4, -0.2) is 67.0 Å². The molecule has 2 aliphatic heterocycles. The molecule has 2 amide bonds. The van der Waals surface area contributed by atoms with Crippen LogP contribution in [0.5, 0.6) is 0 Å². The van der Waals surface area contributed by atoms with E-state index in [1.54, 1.807) is 22.6 Å². The third-order valence-electron chi connectivity index (χ3n) is 7.62. The highest BCUT2D eigenvalue weighted by Crippen LogP contribution is 2.45. The van der Waals surface area contributed by atoms with Crippen LogP contribution in [-0.2, 0) is 18.2 Å². The Morgan fingerprint density at radius 3 is 2.69 bits per heavy atom. The highest BCUT2D eigenvalue weighted by molar-refractivity contribution is 8.00. The van der Waals surface area contributed by atoms with E-state index in [1.165, 1.54) is 11.1 Å². The Kier molecular flexibility index (Phi) is 5.70.